The second kappa shape index (κ2) is 6.30. The van der Waals surface area contributed by atoms with E-state index in [2.05, 4.69) is 0 Å². The maximum Gasteiger partial charge on any atom is 0.123 e. The van der Waals surface area contributed by atoms with Crippen LogP contribution in [0.3, 0.4) is 0 Å². The van der Waals surface area contributed by atoms with Gasteiger partial charge in [0.25, 0.3) is 0 Å². The van der Waals surface area contributed by atoms with E-state index in [1.807, 2.05) is 6.92 Å². The SMILES string of the molecule is Cc1cc(F)ccc1C(O)CCC1CCCCO1. The normalized spacial score (nSPS) is 21.8. The Balaban J connectivity index is 1.88. The Labute approximate surface area is 108 Å². The van der Waals surface area contributed by atoms with Crippen LogP contribution in [-0.2, 0) is 4.74 Å². The topological polar surface area (TPSA) is 29.5 Å². The van der Waals surface area contributed by atoms with E-state index in [-0.39, 0.29) is 11.9 Å². The summed E-state index contributed by atoms with van der Waals surface area (Å²) < 4.78 is 18.6. The molecule has 0 radical (unpaired) electrons. The Hall–Kier alpha value is -0.930. The number of rotatable bonds is 4. The highest BCUT2D eigenvalue weighted by atomic mass is 19.1. The summed E-state index contributed by atoms with van der Waals surface area (Å²) in [5.74, 6) is -0.251. The van der Waals surface area contributed by atoms with Crippen LogP contribution in [0.4, 0.5) is 4.39 Å². The Morgan fingerprint density at radius 1 is 1.44 bits per heavy atom. The Bertz CT molecular complexity index is 386. The highest BCUT2D eigenvalue weighted by Gasteiger charge is 2.17. The molecule has 0 saturated carbocycles. The molecule has 1 N–H and O–H groups in total. The van der Waals surface area contributed by atoms with Crippen molar-refractivity contribution in [2.45, 2.75) is 51.2 Å². The quantitative estimate of drug-likeness (QED) is 0.888. The molecule has 2 unspecified atom stereocenters. The van der Waals surface area contributed by atoms with Gasteiger partial charge in [0.05, 0.1) is 12.2 Å². The third kappa shape index (κ3) is 3.53. The van der Waals surface area contributed by atoms with Crippen molar-refractivity contribution in [3.63, 3.8) is 0 Å². The van der Waals surface area contributed by atoms with E-state index in [0.29, 0.717) is 6.42 Å². The molecule has 0 spiro atoms. The summed E-state index contributed by atoms with van der Waals surface area (Å²) >= 11 is 0. The summed E-state index contributed by atoms with van der Waals surface area (Å²) in [4.78, 5) is 0. The van der Waals surface area contributed by atoms with E-state index < -0.39 is 6.10 Å². The molecule has 1 aliphatic heterocycles. The molecule has 1 aromatic carbocycles. The molecule has 2 nitrogen and oxygen atoms in total. The zero-order valence-electron chi connectivity index (χ0n) is 10.9. The van der Waals surface area contributed by atoms with Crippen LogP contribution < -0.4 is 0 Å². The summed E-state index contributed by atoms with van der Waals surface area (Å²) in [6, 6.07) is 4.55. The summed E-state index contributed by atoms with van der Waals surface area (Å²) in [5, 5.41) is 10.1. The number of hydrogen-bond donors (Lipinski definition) is 1. The van der Waals surface area contributed by atoms with Crippen molar-refractivity contribution in [3.8, 4) is 0 Å². The van der Waals surface area contributed by atoms with E-state index in [1.165, 1.54) is 18.6 Å². The van der Waals surface area contributed by atoms with Crippen LogP contribution in [0.15, 0.2) is 18.2 Å². The van der Waals surface area contributed by atoms with Gasteiger partial charge in [0, 0.05) is 6.61 Å². The molecule has 0 aliphatic carbocycles. The van der Waals surface area contributed by atoms with Gasteiger partial charge in [-0.15, -0.1) is 0 Å². The Morgan fingerprint density at radius 3 is 2.94 bits per heavy atom. The van der Waals surface area contributed by atoms with Gasteiger partial charge >= 0.3 is 0 Å². The first-order valence-corrected chi connectivity index (χ1v) is 6.72. The molecule has 2 atom stereocenters. The van der Waals surface area contributed by atoms with Crippen LogP contribution in [0, 0.1) is 12.7 Å². The van der Waals surface area contributed by atoms with Crippen LogP contribution in [-0.4, -0.2) is 17.8 Å². The molecule has 0 aromatic heterocycles. The van der Waals surface area contributed by atoms with E-state index >= 15 is 0 Å². The first kappa shape index (κ1) is 13.5. The number of aliphatic hydroxyl groups excluding tert-OH is 1. The van der Waals surface area contributed by atoms with Gasteiger partial charge < -0.3 is 9.84 Å². The van der Waals surface area contributed by atoms with Crippen molar-refractivity contribution in [3.05, 3.63) is 35.1 Å². The van der Waals surface area contributed by atoms with Gasteiger partial charge in [0.2, 0.25) is 0 Å². The molecule has 1 heterocycles. The molecule has 1 aromatic rings. The fourth-order valence-corrected chi connectivity index (χ4v) is 2.55. The molecule has 1 saturated heterocycles. The molecule has 2 rings (SSSR count). The number of ether oxygens (including phenoxy) is 1. The van der Waals surface area contributed by atoms with E-state index in [1.54, 1.807) is 6.07 Å². The summed E-state index contributed by atoms with van der Waals surface area (Å²) in [6.07, 6.45) is 4.78. The second-order valence-corrected chi connectivity index (χ2v) is 5.08. The molecular formula is C15H21FO2. The lowest BCUT2D eigenvalue weighted by Crippen LogP contribution is -2.19. The molecule has 0 amide bonds. The number of aryl methyl sites for hydroxylation is 1. The van der Waals surface area contributed by atoms with Crippen LogP contribution in [0.25, 0.3) is 0 Å². The summed E-state index contributed by atoms with van der Waals surface area (Å²) in [6.45, 7) is 2.68. The Kier molecular flexibility index (Phi) is 4.72. The largest absolute Gasteiger partial charge is 0.388 e. The smallest absolute Gasteiger partial charge is 0.123 e. The number of hydrogen-bond acceptors (Lipinski definition) is 2. The highest BCUT2D eigenvalue weighted by Crippen LogP contribution is 2.26. The van der Waals surface area contributed by atoms with Crippen LogP contribution in [0.1, 0.15) is 49.3 Å². The summed E-state index contributed by atoms with van der Waals surface area (Å²) in [5.41, 5.74) is 1.64. The maximum atomic E-state index is 13.0. The highest BCUT2D eigenvalue weighted by molar-refractivity contribution is 5.28. The van der Waals surface area contributed by atoms with Crippen molar-refractivity contribution in [1.82, 2.24) is 0 Å². The van der Waals surface area contributed by atoms with Gasteiger partial charge in [-0.2, -0.15) is 0 Å². The van der Waals surface area contributed by atoms with Gasteiger partial charge in [-0.3, -0.25) is 0 Å². The molecular weight excluding hydrogens is 231 g/mol. The minimum Gasteiger partial charge on any atom is -0.388 e. The van der Waals surface area contributed by atoms with Gasteiger partial charge in [-0.1, -0.05) is 6.07 Å². The molecule has 100 valence electrons. The standard InChI is InChI=1S/C15H21FO2/c1-11-10-12(16)5-7-14(11)15(17)8-6-13-4-2-3-9-18-13/h5,7,10,13,15,17H,2-4,6,8-9H2,1H3. The van der Waals surface area contributed by atoms with Crippen LogP contribution >= 0.6 is 0 Å². The van der Waals surface area contributed by atoms with Crippen LogP contribution in [0.2, 0.25) is 0 Å². The second-order valence-electron chi connectivity index (χ2n) is 5.08. The number of halogens is 1. The molecule has 3 heteroatoms. The average molecular weight is 252 g/mol. The third-order valence-electron chi connectivity index (χ3n) is 3.63. The van der Waals surface area contributed by atoms with Gasteiger partial charge in [0.1, 0.15) is 5.82 Å². The van der Waals surface area contributed by atoms with Crippen molar-refractivity contribution < 1.29 is 14.2 Å². The molecule has 1 fully saturated rings. The van der Waals surface area contributed by atoms with Gasteiger partial charge in [0.15, 0.2) is 0 Å². The first-order chi connectivity index (χ1) is 8.66. The van der Waals surface area contributed by atoms with E-state index in [9.17, 15) is 9.50 Å². The molecule has 0 bridgehead atoms. The third-order valence-corrected chi connectivity index (χ3v) is 3.63. The Morgan fingerprint density at radius 2 is 2.28 bits per heavy atom. The fourth-order valence-electron chi connectivity index (χ4n) is 2.55. The van der Waals surface area contributed by atoms with E-state index in [0.717, 1.165) is 37.0 Å². The fraction of sp³-hybridized carbons (Fsp3) is 0.600. The molecule has 1 aliphatic rings. The first-order valence-electron chi connectivity index (χ1n) is 6.72. The lowest BCUT2D eigenvalue weighted by Gasteiger charge is -2.24. The van der Waals surface area contributed by atoms with E-state index in [4.69, 9.17) is 4.74 Å². The lowest BCUT2D eigenvalue weighted by atomic mass is 9.96. The van der Waals surface area contributed by atoms with Gasteiger partial charge in [-0.05, 0) is 62.3 Å². The van der Waals surface area contributed by atoms with Crippen LogP contribution in [0.5, 0.6) is 0 Å². The minimum absolute atomic E-state index is 0.251. The van der Waals surface area contributed by atoms with Crippen molar-refractivity contribution in [2.24, 2.45) is 0 Å². The zero-order chi connectivity index (χ0) is 13.0. The minimum atomic E-state index is -0.517. The monoisotopic (exact) mass is 252 g/mol. The van der Waals surface area contributed by atoms with Crippen molar-refractivity contribution >= 4 is 0 Å². The number of aliphatic hydroxyl groups is 1. The summed E-state index contributed by atoms with van der Waals surface area (Å²) in [7, 11) is 0. The average Bonchev–Trinajstić information content (AvgIpc) is 2.37. The zero-order valence-corrected chi connectivity index (χ0v) is 10.9. The predicted molar refractivity (Wildman–Crippen MR) is 68.9 cm³/mol. The van der Waals surface area contributed by atoms with Crippen molar-refractivity contribution in [1.29, 1.82) is 0 Å². The van der Waals surface area contributed by atoms with Crippen molar-refractivity contribution in [2.75, 3.05) is 6.61 Å². The predicted octanol–water partition coefficient (Wildman–Crippen LogP) is 3.52. The molecule has 18 heavy (non-hydrogen) atoms. The maximum absolute atomic E-state index is 13.0. The van der Waals surface area contributed by atoms with Gasteiger partial charge in [-0.25, -0.2) is 4.39 Å². The lowest BCUT2D eigenvalue weighted by molar-refractivity contribution is 0.00208. The number of benzene rings is 1.